The molecule has 1 aliphatic rings. The van der Waals surface area contributed by atoms with Crippen molar-refractivity contribution in [2.45, 2.75) is 22.8 Å². The normalized spacial score (nSPS) is 13.3. The van der Waals surface area contributed by atoms with Crippen LogP contribution in [0.1, 0.15) is 28.0 Å². The van der Waals surface area contributed by atoms with Crippen LogP contribution < -0.4 is 0 Å². The molecule has 0 saturated carbocycles. The van der Waals surface area contributed by atoms with Gasteiger partial charge in [-0.2, -0.15) is 0 Å². The molecule has 0 fully saturated rings. The van der Waals surface area contributed by atoms with Crippen molar-refractivity contribution in [3.8, 4) is 0 Å². The standard InChI is InChI=1S/C16H13OS2/c17-10-15-13-8-4-5-9-14(13)16(19-15)18-11-12-6-2-1-3-7-12/h1-3,5-7,9H,4,8,11H2. The lowest BCUT2D eigenvalue weighted by atomic mass is 10.0. The average molecular weight is 285 g/mol. The minimum atomic E-state index is 0.787. The predicted molar refractivity (Wildman–Crippen MR) is 82.5 cm³/mol. The molecule has 0 atom stereocenters. The van der Waals surface area contributed by atoms with E-state index >= 15 is 0 Å². The van der Waals surface area contributed by atoms with Crippen molar-refractivity contribution in [3.05, 3.63) is 58.0 Å². The number of thiophene rings is 1. The monoisotopic (exact) mass is 285 g/mol. The van der Waals surface area contributed by atoms with Crippen LogP contribution in [0.2, 0.25) is 0 Å². The second-order valence-electron chi connectivity index (χ2n) is 4.43. The highest BCUT2D eigenvalue weighted by molar-refractivity contribution is 8.00. The molecule has 0 saturated heterocycles. The molecule has 1 aromatic carbocycles. The van der Waals surface area contributed by atoms with Crippen molar-refractivity contribution in [3.63, 3.8) is 0 Å². The van der Waals surface area contributed by atoms with Crippen LogP contribution in [0, 0.1) is 0 Å². The summed E-state index contributed by atoms with van der Waals surface area (Å²) in [5, 5.41) is 0. The summed E-state index contributed by atoms with van der Waals surface area (Å²) in [6.45, 7) is 0. The van der Waals surface area contributed by atoms with Gasteiger partial charge in [0.15, 0.2) is 0 Å². The van der Waals surface area contributed by atoms with E-state index in [1.165, 1.54) is 20.9 Å². The van der Waals surface area contributed by atoms with Crippen molar-refractivity contribution in [2.24, 2.45) is 0 Å². The Morgan fingerprint density at radius 3 is 2.89 bits per heavy atom. The number of hydrogen-bond donors (Lipinski definition) is 0. The lowest BCUT2D eigenvalue weighted by Gasteiger charge is -2.07. The zero-order valence-corrected chi connectivity index (χ0v) is 12.0. The van der Waals surface area contributed by atoms with E-state index in [2.05, 4.69) is 42.7 Å². The first kappa shape index (κ1) is 12.7. The van der Waals surface area contributed by atoms with Gasteiger partial charge in [0.05, 0.1) is 9.09 Å². The van der Waals surface area contributed by atoms with Gasteiger partial charge in [-0.05, 0) is 24.0 Å². The number of benzene rings is 1. The highest BCUT2D eigenvalue weighted by Crippen LogP contribution is 2.40. The third kappa shape index (κ3) is 2.67. The van der Waals surface area contributed by atoms with Crippen molar-refractivity contribution in [2.75, 3.05) is 0 Å². The van der Waals surface area contributed by atoms with Crippen molar-refractivity contribution in [1.82, 2.24) is 0 Å². The minimum absolute atomic E-state index is 0.787. The Kier molecular flexibility index (Phi) is 3.85. The third-order valence-corrected chi connectivity index (χ3v) is 5.67. The first-order valence-corrected chi connectivity index (χ1v) is 8.06. The Morgan fingerprint density at radius 1 is 1.26 bits per heavy atom. The van der Waals surface area contributed by atoms with Gasteiger partial charge in [0, 0.05) is 11.3 Å². The van der Waals surface area contributed by atoms with Crippen LogP contribution in [-0.2, 0) is 17.0 Å². The highest BCUT2D eigenvalue weighted by Gasteiger charge is 2.18. The molecule has 1 radical (unpaired) electrons. The van der Waals surface area contributed by atoms with Gasteiger partial charge in [-0.25, -0.2) is 0 Å². The number of thioether (sulfide) groups is 1. The summed E-state index contributed by atoms with van der Waals surface area (Å²) in [5.41, 5.74) is 3.75. The third-order valence-electron chi connectivity index (χ3n) is 3.16. The molecule has 1 heterocycles. The van der Waals surface area contributed by atoms with Crippen LogP contribution in [0.4, 0.5) is 0 Å². The van der Waals surface area contributed by atoms with Gasteiger partial charge in [-0.3, -0.25) is 4.79 Å². The smallest absolute Gasteiger partial charge is 0.244 e. The summed E-state index contributed by atoms with van der Waals surface area (Å²) in [4.78, 5) is 11.8. The van der Waals surface area contributed by atoms with E-state index in [0.717, 1.165) is 23.5 Å². The molecule has 3 rings (SSSR count). The van der Waals surface area contributed by atoms with Gasteiger partial charge in [0.25, 0.3) is 0 Å². The van der Waals surface area contributed by atoms with E-state index in [0.29, 0.717) is 0 Å². The SMILES string of the molecule is O=[C]c1sc(SCc2ccccc2)c2c1CCC=C2. The first-order chi connectivity index (χ1) is 9.38. The maximum atomic E-state index is 11.0. The second kappa shape index (κ2) is 5.76. The van der Waals surface area contributed by atoms with Gasteiger partial charge in [-0.1, -0.05) is 42.5 Å². The molecule has 0 amide bonds. The Balaban J connectivity index is 1.84. The molecule has 3 heteroatoms. The van der Waals surface area contributed by atoms with Crippen LogP contribution in [0.5, 0.6) is 0 Å². The van der Waals surface area contributed by atoms with E-state index in [4.69, 9.17) is 0 Å². The molecule has 2 aromatic rings. The van der Waals surface area contributed by atoms with E-state index in [1.54, 1.807) is 11.3 Å². The van der Waals surface area contributed by atoms with Crippen LogP contribution in [0.25, 0.3) is 6.08 Å². The number of rotatable bonds is 4. The van der Waals surface area contributed by atoms with E-state index in [1.807, 2.05) is 17.8 Å². The lowest BCUT2D eigenvalue weighted by Crippen LogP contribution is -1.93. The number of hydrogen-bond acceptors (Lipinski definition) is 3. The van der Waals surface area contributed by atoms with Crippen LogP contribution in [-0.4, -0.2) is 6.29 Å². The molecule has 1 aliphatic carbocycles. The quantitative estimate of drug-likeness (QED) is 0.772. The van der Waals surface area contributed by atoms with Gasteiger partial charge >= 0.3 is 0 Å². The highest BCUT2D eigenvalue weighted by atomic mass is 32.2. The Morgan fingerprint density at radius 2 is 2.11 bits per heavy atom. The molecule has 0 aliphatic heterocycles. The van der Waals surface area contributed by atoms with E-state index < -0.39 is 0 Å². The largest absolute Gasteiger partial charge is 0.284 e. The fourth-order valence-electron chi connectivity index (χ4n) is 2.21. The summed E-state index contributed by atoms with van der Waals surface area (Å²) in [6, 6.07) is 10.4. The molecular formula is C16H13OS2. The van der Waals surface area contributed by atoms with Gasteiger partial charge in [-0.15, -0.1) is 23.1 Å². The van der Waals surface area contributed by atoms with Crippen LogP contribution >= 0.6 is 23.1 Å². The van der Waals surface area contributed by atoms with Crippen molar-refractivity contribution < 1.29 is 4.79 Å². The number of carbonyl (C=O) groups excluding carboxylic acids is 1. The molecular weight excluding hydrogens is 272 g/mol. The molecule has 95 valence electrons. The summed E-state index contributed by atoms with van der Waals surface area (Å²) >= 11 is 3.40. The van der Waals surface area contributed by atoms with Gasteiger partial charge < -0.3 is 0 Å². The topological polar surface area (TPSA) is 17.1 Å². The molecule has 0 bridgehead atoms. The Labute approximate surface area is 121 Å². The zero-order chi connectivity index (χ0) is 13.1. The first-order valence-electron chi connectivity index (χ1n) is 6.25. The van der Waals surface area contributed by atoms with Crippen molar-refractivity contribution >= 4 is 35.5 Å². The maximum Gasteiger partial charge on any atom is 0.244 e. The molecule has 0 unspecified atom stereocenters. The molecule has 19 heavy (non-hydrogen) atoms. The fourth-order valence-corrected chi connectivity index (χ4v) is 4.58. The Hall–Kier alpha value is -1.32. The number of allylic oxidation sites excluding steroid dienone is 1. The second-order valence-corrected chi connectivity index (χ2v) is 6.69. The zero-order valence-electron chi connectivity index (χ0n) is 10.4. The molecule has 1 nitrogen and oxygen atoms in total. The number of fused-ring (bicyclic) bond motifs is 1. The van der Waals surface area contributed by atoms with Crippen molar-refractivity contribution in [1.29, 1.82) is 0 Å². The lowest BCUT2D eigenvalue weighted by molar-refractivity contribution is 0.563. The maximum absolute atomic E-state index is 11.0. The molecule has 0 N–H and O–H groups in total. The van der Waals surface area contributed by atoms with Crippen LogP contribution in [0.3, 0.4) is 0 Å². The summed E-state index contributed by atoms with van der Waals surface area (Å²) in [5.74, 6) is 0.944. The molecule has 0 spiro atoms. The predicted octanol–water partition coefficient (Wildman–Crippen LogP) is 4.46. The van der Waals surface area contributed by atoms with E-state index in [-0.39, 0.29) is 0 Å². The van der Waals surface area contributed by atoms with Gasteiger partial charge in [0.2, 0.25) is 6.29 Å². The molecule has 1 aromatic heterocycles. The fraction of sp³-hybridized carbons (Fsp3) is 0.188. The summed E-state index contributed by atoms with van der Waals surface area (Å²) < 4.78 is 1.24. The summed E-state index contributed by atoms with van der Waals surface area (Å²) in [6.07, 6.45) is 8.44. The van der Waals surface area contributed by atoms with Gasteiger partial charge in [0.1, 0.15) is 0 Å². The van der Waals surface area contributed by atoms with Crippen LogP contribution in [0.15, 0.2) is 40.6 Å². The Bertz CT molecular complexity index is 611. The average Bonchev–Trinajstić information content (AvgIpc) is 2.84. The summed E-state index contributed by atoms with van der Waals surface area (Å²) in [7, 11) is 0. The van der Waals surface area contributed by atoms with E-state index in [9.17, 15) is 4.79 Å². The minimum Gasteiger partial charge on any atom is -0.284 e.